The van der Waals surface area contributed by atoms with Crippen LogP contribution in [0.25, 0.3) is 11.0 Å². The van der Waals surface area contributed by atoms with Crippen LogP contribution >= 0.6 is 0 Å². The third-order valence-electron chi connectivity index (χ3n) is 5.76. The highest BCUT2D eigenvalue weighted by Crippen LogP contribution is 2.25. The summed E-state index contributed by atoms with van der Waals surface area (Å²) in [5.74, 6) is 1.27. The number of nitrogens with zero attached hydrogens (tertiary/aromatic N) is 3. The number of anilines is 1. The SMILES string of the molecule is COc1ccc2ncc(=O)n(CC(O)C3OCC(NCc4ccc5c(n4)NC(=O)CO5)CO3)c2c1. The molecular formula is C23H25N5O7. The van der Waals surface area contributed by atoms with Gasteiger partial charge in [0.25, 0.3) is 11.5 Å². The number of aliphatic hydroxyl groups is 1. The molecule has 184 valence electrons. The van der Waals surface area contributed by atoms with Gasteiger partial charge in [-0.2, -0.15) is 0 Å². The second-order valence-electron chi connectivity index (χ2n) is 8.23. The maximum absolute atomic E-state index is 12.5. The summed E-state index contributed by atoms with van der Waals surface area (Å²) in [6.07, 6.45) is -0.740. The lowest BCUT2D eigenvalue weighted by Crippen LogP contribution is -2.49. The van der Waals surface area contributed by atoms with Crippen LogP contribution in [0.15, 0.2) is 41.3 Å². The molecule has 1 aromatic carbocycles. The van der Waals surface area contributed by atoms with E-state index >= 15 is 0 Å². The van der Waals surface area contributed by atoms with Crippen molar-refractivity contribution in [2.75, 3.05) is 32.2 Å². The number of benzene rings is 1. The first-order valence-electron chi connectivity index (χ1n) is 11.1. The van der Waals surface area contributed by atoms with Crippen molar-refractivity contribution in [2.45, 2.75) is 31.5 Å². The minimum Gasteiger partial charge on any atom is -0.497 e. The lowest BCUT2D eigenvalue weighted by atomic mass is 10.2. The number of methoxy groups -OCH3 is 1. The second kappa shape index (κ2) is 9.96. The van der Waals surface area contributed by atoms with Crippen molar-refractivity contribution in [3.8, 4) is 11.5 Å². The molecule has 0 aliphatic carbocycles. The van der Waals surface area contributed by atoms with E-state index in [1.807, 2.05) is 6.07 Å². The van der Waals surface area contributed by atoms with Gasteiger partial charge in [-0.3, -0.25) is 9.59 Å². The van der Waals surface area contributed by atoms with E-state index in [9.17, 15) is 14.7 Å². The zero-order valence-electron chi connectivity index (χ0n) is 19.0. The number of hydrogen-bond donors (Lipinski definition) is 3. The number of carbonyl (C=O) groups is 1. The third-order valence-corrected chi connectivity index (χ3v) is 5.76. The average molecular weight is 483 g/mol. The lowest BCUT2D eigenvalue weighted by molar-refractivity contribution is -0.233. The molecule has 4 heterocycles. The zero-order chi connectivity index (χ0) is 24.4. The number of rotatable bonds is 7. The Morgan fingerprint density at radius 2 is 2.09 bits per heavy atom. The van der Waals surface area contributed by atoms with Crippen molar-refractivity contribution < 1.29 is 28.8 Å². The topological polar surface area (TPSA) is 146 Å². The fourth-order valence-corrected chi connectivity index (χ4v) is 3.94. The predicted molar refractivity (Wildman–Crippen MR) is 123 cm³/mol. The molecule has 12 heteroatoms. The van der Waals surface area contributed by atoms with Gasteiger partial charge in [-0.1, -0.05) is 0 Å². The van der Waals surface area contributed by atoms with Crippen LogP contribution in [0.1, 0.15) is 5.69 Å². The van der Waals surface area contributed by atoms with Gasteiger partial charge in [0.15, 0.2) is 24.5 Å². The van der Waals surface area contributed by atoms with Gasteiger partial charge in [0.2, 0.25) is 0 Å². The molecule has 12 nitrogen and oxygen atoms in total. The van der Waals surface area contributed by atoms with Crippen LogP contribution in [-0.2, 0) is 27.4 Å². The molecule has 0 bridgehead atoms. The third kappa shape index (κ3) is 5.10. The normalized spacial score (nSPS) is 20.6. The van der Waals surface area contributed by atoms with Crippen LogP contribution in [0.2, 0.25) is 0 Å². The summed E-state index contributed by atoms with van der Waals surface area (Å²) in [6.45, 7) is 0.976. The van der Waals surface area contributed by atoms with Gasteiger partial charge in [0.1, 0.15) is 11.9 Å². The Bertz CT molecular complexity index is 1290. The number of amides is 1. The molecule has 0 radical (unpaired) electrons. The number of hydrogen-bond acceptors (Lipinski definition) is 10. The summed E-state index contributed by atoms with van der Waals surface area (Å²) >= 11 is 0. The van der Waals surface area contributed by atoms with E-state index < -0.39 is 12.4 Å². The van der Waals surface area contributed by atoms with E-state index in [1.54, 1.807) is 24.3 Å². The van der Waals surface area contributed by atoms with E-state index in [2.05, 4.69) is 20.6 Å². The van der Waals surface area contributed by atoms with Crippen LogP contribution in [0.3, 0.4) is 0 Å². The summed E-state index contributed by atoms with van der Waals surface area (Å²) in [4.78, 5) is 32.5. The van der Waals surface area contributed by atoms with Crippen LogP contribution < -0.4 is 25.7 Å². The summed E-state index contributed by atoms with van der Waals surface area (Å²) in [6, 6.07) is 8.65. The molecular weight excluding hydrogens is 458 g/mol. The molecule has 5 rings (SSSR count). The molecule has 0 spiro atoms. The quantitative estimate of drug-likeness (QED) is 0.420. The number of aliphatic hydroxyl groups excluding tert-OH is 1. The minimum atomic E-state index is -1.07. The summed E-state index contributed by atoms with van der Waals surface area (Å²) in [7, 11) is 1.54. The Labute approximate surface area is 199 Å². The summed E-state index contributed by atoms with van der Waals surface area (Å²) < 4.78 is 23.4. The van der Waals surface area contributed by atoms with E-state index in [-0.39, 0.29) is 30.7 Å². The predicted octanol–water partition coefficient (Wildman–Crippen LogP) is 0.0232. The Morgan fingerprint density at radius 1 is 1.26 bits per heavy atom. The van der Waals surface area contributed by atoms with Gasteiger partial charge < -0.3 is 39.3 Å². The first-order valence-corrected chi connectivity index (χ1v) is 11.1. The van der Waals surface area contributed by atoms with Crippen molar-refractivity contribution in [1.29, 1.82) is 0 Å². The number of nitrogens with one attached hydrogen (secondary N) is 2. The summed E-state index contributed by atoms with van der Waals surface area (Å²) in [5.41, 5.74) is 1.52. The van der Waals surface area contributed by atoms with E-state index in [0.717, 1.165) is 5.69 Å². The number of aromatic nitrogens is 3. The average Bonchev–Trinajstić information content (AvgIpc) is 2.88. The van der Waals surface area contributed by atoms with Gasteiger partial charge in [-0.15, -0.1) is 0 Å². The van der Waals surface area contributed by atoms with Crippen molar-refractivity contribution in [3.05, 3.63) is 52.6 Å². The van der Waals surface area contributed by atoms with Crippen LogP contribution in [0, 0.1) is 0 Å². The standard InChI is InChI=1S/C23H25N5O7/c1-32-15-3-4-16-17(6-15)28(21(31)8-25-16)9-18(29)23-34-10-14(11-35-23)24-7-13-2-5-19-22(26-13)27-20(30)12-33-19/h2-6,8,14,18,23-24,29H,7,9-12H2,1H3,(H,26,27,30). The first kappa shape index (κ1) is 23.2. The van der Waals surface area contributed by atoms with Crippen molar-refractivity contribution in [1.82, 2.24) is 19.9 Å². The van der Waals surface area contributed by atoms with E-state index in [0.29, 0.717) is 48.1 Å². The molecule has 2 aliphatic heterocycles. The maximum atomic E-state index is 12.5. The van der Waals surface area contributed by atoms with Gasteiger partial charge in [0, 0.05) is 12.6 Å². The number of fused-ring (bicyclic) bond motifs is 2. The molecule has 35 heavy (non-hydrogen) atoms. The fraction of sp³-hybridized carbons (Fsp3) is 0.391. The van der Waals surface area contributed by atoms with Crippen LogP contribution in [0.5, 0.6) is 11.5 Å². The monoisotopic (exact) mass is 483 g/mol. The first-order chi connectivity index (χ1) is 17.0. The number of pyridine rings is 1. The Morgan fingerprint density at radius 3 is 2.89 bits per heavy atom. The maximum Gasteiger partial charge on any atom is 0.269 e. The zero-order valence-corrected chi connectivity index (χ0v) is 19.0. The van der Waals surface area contributed by atoms with Crippen molar-refractivity contribution in [2.24, 2.45) is 0 Å². The highest BCUT2D eigenvalue weighted by Gasteiger charge is 2.29. The van der Waals surface area contributed by atoms with Gasteiger partial charge in [-0.25, -0.2) is 9.97 Å². The molecule has 1 atom stereocenters. The molecule has 0 saturated carbocycles. The van der Waals surface area contributed by atoms with Crippen LogP contribution in [0.4, 0.5) is 5.82 Å². The van der Waals surface area contributed by atoms with Crippen molar-refractivity contribution >= 4 is 22.8 Å². The highest BCUT2D eigenvalue weighted by atomic mass is 16.7. The lowest BCUT2D eigenvalue weighted by Gasteiger charge is -2.32. The largest absolute Gasteiger partial charge is 0.497 e. The molecule has 1 fully saturated rings. The smallest absolute Gasteiger partial charge is 0.269 e. The molecule has 1 unspecified atom stereocenters. The van der Waals surface area contributed by atoms with Crippen molar-refractivity contribution in [3.63, 3.8) is 0 Å². The van der Waals surface area contributed by atoms with Gasteiger partial charge in [-0.05, 0) is 24.3 Å². The fourth-order valence-electron chi connectivity index (χ4n) is 3.94. The Kier molecular flexibility index (Phi) is 6.59. The summed E-state index contributed by atoms with van der Waals surface area (Å²) in [5, 5.41) is 16.7. The molecule has 2 aromatic heterocycles. The second-order valence-corrected chi connectivity index (χ2v) is 8.23. The Hall–Kier alpha value is -3.58. The molecule has 3 aromatic rings. The van der Waals surface area contributed by atoms with E-state index in [1.165, 1.54) is 17.9 Å². The minimum absolute atomic E-state index is 0.0176. The molecule has 1 saturated heterocycles. The van der Waals surface area contributed by atoms with Gasteiger partial charge >= 0.3 is 0 Å². The Balaban J connectivity index is 1.17. The number of ether oxygens (including phenoxy) is 4. The molecule has 2 aliphatic rings. The molecule has 1 amide bonds. The van der Waals surface area contributed by atoms with Gasteiger partial charge in [0.05, 0.1) is 55.8 Å². The number of carbonyl (C=O) groups excluding carboxylic acids is 1. The molecule has 3 N–H and O–H groups in total. The highest BCUT2D eigenvalue weighted by molar-refractivity contribution is 5.94. The van der Waals surface area contributed by atoms with E-state index in [4.69, 9.17) is 18.9 Å². The van der Waals surface area contributed by atoms with Crippen LogP contribution in [-0.4, -0.2) is 70.9 Å².